The van der Waals surface area contributed by atoms with Crippen LogP contribution in [0.5, 0.6) is 0 Å². The minimum absolute atomic E-state index is 0.0333. The number of hydrogen-bond donors (Lipinski definition) is 2. The molecule has 1 aromatic heterocycles. The Bertz CT molecular complexity index is 795. The molecule has 2 N–H and O–H groups in total. The summed E-state index contributed by atoms with van der Waals surface area (Å²) in [5.74, 6) is -0.0440. The van der Waals surface area contributed by atoms with Crippen LogP contribution < -0.4 is 0 Å². The molecule has 0 radical (unpaired) electrons. The maximum absolute atomic E-state index is 13.0. The first-order valence-corrected chi connectivity index (χ1v) is 7.71. The lowest BCUT2D eigenvalue weighted by Gasteiger charge is -2.28. The second-order valence-corrected chi connectivity index (χ2v) is 5.60. The Hall–Kier alpha value is -2.59. The predicted molar refractivity (Wildman–Crippen MR) is 91.3 cm³/mol. The molecular weight excluding hydrogens is 288 g/mol. The molecule has 0 saturated carbocycles. The van der Waals surface area contributed by atoms with Gasteiger partial charge in [0.05, 0.1) is 6.04 Å². The summed E-state index contributed by atoms with van der Waals surface area (Å²) >= 11 is 0. The monoisotopic (exact) mass is 308 g/mol. The van der Waals surface area contributed by atoms with Crippen LogP contribution >= 0.6 is 0 Å². The smallest absolute Gasteiger partial charge is 0.254 e. The molecule has 0 bridgehead atoms. The fourth-order valence-corrected chi connectivity index (χ4v) is 2.98. The number of benzene rings is 2. The second kappa shape index (κ2) is 6.67. The minimum Gasteiger partial charge on any atom is -0.396 e. The average molecular weight is 308 g/mol. The Balaban J connectivity index is 1.95. The Kier molecular flexibility index (Phi) is 4.44. The highest BCUT2D eigenvalue weighted by Gasteiger charge is 2.23. The molecule has 23 heavy (non-hydrogen) atoms. The maximum Gasteiger partial charge on any atom is 0.254 e. The van der Waals surface area contributed by atoms with E-state index in [2.05, 4.69) is 4.98 Å². The predicted octanol–water partition coefficient (Wildman–Crippen LogP) is 3.36. The van der Waals surface area contributed by atoms with Gasteiger partial charge in [0, 0.05) is 36.3 Å². The standard InChI is InChI=1S/C19H20N2O2/c1-21(18(11-13-22)14-6-3-2-4-7-14)19(23)16-8-5-9-17-15(16)10-12-20-17/h2-10,12,18,20,22H,11,13H2,1H3. The Labute approximate surface area is 135 Å². The molecule has 1 amide bonds. The number of fused-ring (bicyclic) bond motifs is 1. The van der Waals surface area contributed by atoms with Crippen molar-refractivity contribution in [2.75, 3.05) is 13.7 Å². The van der Waals surface area contributed by atoms with Crippen molar-refractivity contribution in [1.29, 1.82) is 0 Å². The molecule has 1 heterocycles. The van der Waals surface area contributed by atoms with Crippen LogP contribution in [0.15, 0.2) is 60.8 Å². The van der Waals surface area contributed by atoms with Crippen molar-refractivity contribution in [2.24, 2.45) is 0 Å². The number of carbonyl (C=O) groups is 1. The molecule has 0 saturated heterocycles. The van der Waals surface area contributed by atoms with Gasteiger partial charge in [-0.15, -0.1) is 0 Å². The van der Waals surface area contributed by atoms with Crippen molar-refractivity contribution >= 4 is 16.8 Å². The number of H-pyrrole nitrogens is 1. The van der Waals surface area contributed by atoms with Gasteiger partial charge in [0.1, 0.15) is 0 Å². The molecular formula is C19H20N2O2. The third-order valence-electron chi connectivity index (χ3n) is 4.20. The zero-order chi connectivity index (χ0) is 16.2. The van der Waals surface area contributed by atoms with Crippen LogP contribution in [-0.2, 0) is 0 Å². The van der Waals surface area contributed by atoms with Crippen LogP contribution in [0.1, 0.15) is 28.4 Å². The van der Waals surface area contributed by atoms with Crippen LogP contribution in [0.4, 0.5) is 0 Å². The van der Waals surface area contributed by atoms with Crippen LogP contribution in [0.2, 0.25) is 0 Å². The van der Waals surface area contributed by atoms with Crippen LogP contribution in [0.3, 0.4) is 0 Å². The van der Waals surface area contributed by atoms with E-state index in [9.17, 15) is 9.90 Å². The molecule has 2 aromatic carbocycles. The first-order valence-electron chi connectivity index (χ1n) is 7.71. The number of nitrogens with zero attached hydrogens (tertiary/aromatic N) is 1. The molecule has 0 spiro atoms. The van der Waals surface area contributed by atoms with Crippen molar-refractivity contribution in [3.05, 3.63) is 71.9 Å². The van der Waals surface area contributed by atoms with E-state index >= 15 is 0 Å². The summed E-state index contributed by atoms with van der Waals surface area (Å²) in [6.45, 7) is 0.0333. The maximum atomic E-state index is 13.0. The fraction of sp³-hybridized carbons (Fsp3) is 0.211. The van der Waals surface area contributed by atoms with E-state index in [-0.39, 0.29) is 18.6 Å². The van der Waals surface area contributed by atoms with Crippen molar-refractivity contribution < 1.29 is 9.90 Å². The second-order valence-electron chi connectivity index (χ2n) is 5.60. The van der Waals surface area contributed by atoms with Crippen molar-refractivity contribution in [3.63, 3.8) is 0 Å². The average Bonchev–Trinajstić information content (AvgIpc) is 3.08. The van der Waals surface area contributed by atoms with E-state index in [0.717, 1.165) is 16.5 Å². The van der Waals surface area contributed by atoms with Gasteiger partial charge >= 0.3 is 0 Å². The van der Waals surface area contributed by atoms with E-state index in [0.29, 0.717) is 12.0 Å². The number of aromatic nitrogens is 1. The number of hydrogen-bond acceptors (Lipinski definition) is 2. The van der Waals surface area contributed by atoms with E-state index in [1.807, 2.05) is 60.8 Å². The van der Waals surface area contributed by atoms with Gasteiger partial charge in [0.15, 0.2) is 0 Å². The molecule has 118 valence electrons. The van der Waals surface area contributed by atoms with Gasteiger partial charge in [-0.3, -0.25) is 4.79 Å². The van der Waals surface area contributed by atoms with Gasteiger partial charge < -0.3 is 15.0 Å². The van der Waals surface area contributed by atoms with E-state index in [1.54, 1.807) is 11.9 Å². The molecule has 1 unspecified atom stereocenters. The first-order chi connectivity index (χ1) is 11.2. The van der Waals surface area contributed by atoms with Crippen molar-refractivity contribution in [3.8, 4) is 0 Å². The third-order valence-corrected chi connectivity index (χ3v) is 4.20. The molecule has 3 rings (SSSR count). The molecule has 4 nitrogen and oxygen atoms in total. The van der Waals surface area contributed by atoms with E-state index in [4.69, 9.17) is 0 Å². The Morgan fingerprint density at radius 3 is 2.65 bits per heavy atom. The van der Waals surface area contributed by atoms with E-state index < -0.39 is 0 Å². The highest BCUT2D eigenvalue weighted by atomic mass is 16.3. The summed E-state index contributed by atoms with van der Waals surface area (Å²) < 4.78 is 0. The first kappa shape index (κ1) is 15.3. The van der Waals surface area contributed by atoms with Crippen LogP contribution in [0.25, 0.3) is 10.9 Å². The van der Waals surface area contributed by atoms with Gasteiger partial charge in [0.2, 0.25) is 0 Å². The summed E-state index contributed by atoms with van der Waals surface area (Å²) in [7, 11) is 1.79. The number of aliphatic hydroxyl groups excluding tert-OH is 1. The quantitative estimate of drug-likeness (QED) is 0.759. The fourth-order valence-electron chi connectivity index (χ4n) is 2.98. The highest BCUT2D eigenvalue weighted by Crippen LogP contribution is 2.26. The summed E-state index contributed by atoms with van der Waals surface area (Å²) in [5, 5.41) is 10.3. The van der Waals surface area contributed by atoms with Gasteiger partial charge in [-0.2, -0.15) is 0 Å². The van der Waals surface area contributed by atoms with Gasteiger partial charge in [-0.25, -0.2) is 0 Å². The SMILES string of the molecule is CN(C(=O)c1cccc2[nH]ccc12)C(CCO)c1ccccc1. The number of carbonyl (C=O) groups excluding carboxylic acids is 1. The summed E-state index contributed by atoms with van der Waals surface area (Å²) in [6, 6.07) is 17.3. The number of rotatable bonds is 5. The number of amides is 1. The number of nitrogens with one attached hydrogen (secondary N) is 1. The summed E-state index contributed by atoms with van der Waals surface area (Å²) in [4.78, 5) is 17.8. The molecule has 0 aliphatic rings. The Morgan fingerprint density at radius 2 is 1.91 bits per heavy atom. The minimum atomic E-state index is -0.150. The third kappa shape index (κ3) is 2.98. The topological polar surface area (TPSA) is 56.3 Å². The van der Waals surface area contributed by atoms with Gasteiger partial charge in [-0.05, 0) is 30.2 Å². The number of aliphatic hydroxyl groups is 1. The number of aromatic amines is 1. The van der Waals surface area contributed by atoms with Gasteiger partial charge in [0.25, 0.3) is 5.91 Å². The van der Waals surface area contributed by atoms with E-state index in [1.165, 1.54) is 0 Å². The lowest BCUT2D eigenvalue weighted by Crippen LogP contribution is -2.32. The summed E-state index contributed by atoms with van der Waals surface area (Å²) in [5.41, 5.74) is 2.64. The van der Waals surface area contributed by atoms with Crippen LogP contribution in [0, 0.1) is 0 Å². The zero-order valence-corrected chi connectivity index (χ0v) is 13.1. The largest absolute Gasteiger partial charge is 0.396 e. The van der Waals surface area contributed by atoms with Gasteiger partial charge in [-0.1, -0.05) is 36.4 Å². The molecule has 0 aliphatic carbocycles. The van der Waals surface area contributed by atoms with Crippen molar-refractivity contribution in [2.45, 2.75) is 12.5 Å². The lowest BCUT2D eigenvalue weighted by molar-refractivity contribution is 0.0707. The Morgan fingerprint density at radius 1 is 1.13 bits per heavy atom. The molecule has 1 atom stereocenters. The zero-order valence-electron chi connectivity index (χ0n) is 13.1. The summed E-state index contributed by atoms with van der Waals surface area (Å²) in [6.07, 6.45) is 2.35. The highest BCUT2D eigenvalue weighted by molar-refractivity contribution is 6.06. The normalized spacial score (nSPS) is 12.3. The molecule has 4 heteroatoms. The molecule has 0 aliphatic heterocycles. The lowest BCUT2D eigenvalue weighted by atomic mass is 10.0. The van der Waals surface area contributed by atoms with Crippen molar-refractivity contribution in [1.82, 2.24) is 9.88 Å². The molecule has 0 fully saturated rings. The van der Waals surface area contributed by atoms with Crippen LogP contribution in [-0.4, -0.2) is 34.6 Å². The molecule has 3 aromatic rings.